The molecule has 1 amide bonds. The molecule has 0 spiro atoms. The number of amides is 1. The zero-order valence-corrected chi connectivity index (χ0v) is 14.3. The van der Waals surface area contributed by atoms with Crippen LogP contribution in [0.4, 0.5) is 18.9 Å². The van der Waals surface area contributed by atoms with E-state index in [0.717, 1.165) is 5.56 Å². The minimum Gasteiger partial charge on any atom is -0.406 e. The normalized spacial score (nSPS) is 16.2. The van der Waals surface area contributed by atoms with Gasteiger partial charge in [-0.05, 0) is 54.5 Å². The summed E-state index contributed by atoms with van der Waals surface area (Å²) < 4.78 is 40.4. The second-order valence-electron chi connectivity index (χ2n) is 5.53. The van der Waals surface area contributed by atoms with Gasteiger partial charge in [0.1, 0.15) is 11.4 Å². The Hall–Kier alpha value is -2.87. The minimum atomic E-state index is -4.75. The van der Waals surface area contributed by atoms with E-state index >= 15 is 0 Å². The molecule has 0 atom stereocenters. The van der Waals surface area contributed by atoms with Crippen LogP contribution >= 0.6 is 12.2 Å². The van der Waals surface area contributed by atoms with Gasteiger partial charge < -0.3 is 10.1 Å². The number of halogens is 3. The standard InChI is InChI=1S/C18H13F3N2O2S/c1-11-4-2-3-5-15(11)23-16(24)14(22-17(23)26)10-12-6-8-13(9-7-12)25-18(19,20)21/h2-10H,1H3,(H,22,26)/b14-10+. The van der Waals surface area contributed by atoms with Gasteiger partial charge in [0.15, 0.2) is 5.11 Å². The van der Waals surface area contributed by atoms with Crippen molar-refractivity contribution < 1.29 is 22.7 Å². The first-order chi connectivity index (χ1) is 12.2. The quantitative estimate of drug-likeness (QED) is 0.643. The number of alkyl halides is 3. The first-order valence-corrected chi connectivity index (χ1v) is 7.94. The maximum atomic E-state index is 12.7. The number of para-hydroxylation sites is 1. The van der Waals surface area contributed by atoms with Gasteiger partial charge in [0.05, 0.1) is 5.69 Å². The molecule has 4 nitrogen and oxygen atoms in total. The van der Waals surface area contributed by atoms with E-state index in [0.29, 0.717) is 11.3 Å². The van der Waals surface area contributed by atoms with Gasteiger partial charge in [-0.3, -0.25) is 9.69 Å². The molecule has 3 rings (SSSR count). The van der Waals surface area contributed by atoms with Crippen LogP contribution in [0.1, 0.15) is 11.1 Å². The molecule has 0 unspecified atom stereocenters. The molecule has 1 heterocycles. The summed E-state index contributed by atoms with van der Waals surface area (Å²) in [4.78, 5) is 14.0. The second kappa shape index (κ2) is 6.80. The van der Waals surface area contributed by atoms with E-state index in [1.54, 1.807) is 12.1 Å². The number of ether oxygens (including phenoxy) is 1. The molecule has 1 fully saturated rings. The first kappa shape index (κ1) is 17.9. The van der Waals surface area contributed by atoms with E-state index in [4.69, 9.17) is 12.2 Å². The van der Waals surface area contributed by atoms with E-state index in [1.807, 2.05) is 19.1 Å². The number of benzene rings is 2. The number of hydrogen-bond acceptors (Lipinski definition) is 3. The summed E-state index contributed by atoms with van der Waals surface area (Å²) in [5, 5.41) is 3.08. The highest BCUT2D eigenvalue weighted by Crippen LogP contribution is 2.26. The predicted molar refractivity (Wildman–Crippen MR) is 95.5 cm³/mol. The molecule has 1 N–H and O–H groups in total. The van der Waals surface area contributed by atoms with Crippen molar-refractivity contribution in [3.8, 4) is 5.75 Å². The fourth-order valence-corrected chi connectivity index (χ4v) is 2.79. The lowest BCUT2D eigenvalue weighted by Crippen LogP contribution is -2.30. The van der Waals surface area contributed by atoms with Crippen LogP contribution in [0.25, 0.3) is 6.08 Å². The number of rotatable bonds is 3. The van der Waals surface area contributed by atoms with Gasteiger partial charge >= 0.3 is 6.36 Å². The zero-order valence-electron chi connectivity index (χ0n) is 13.5. The number of aryl methyl sites for hydroxylation is 1. The highest BCUT2D eigenvalue weighted by Gasteiger charge is 2.33. The summed E-state index contributed by atoms with van der Waals surface area (Å²) in [6.07, 6.45) is -3.23. The van der Waals surface area contributed by atoms with Crippen LogP contribution < -0.4 is 15.0 Å². The number of hydrogen-bond donors (Lipinski definition) is 1. The Labute approximate surface area is 152 Å². The Morgan fingerprint density at radius 3 is 2.38 bits per heavy atom. The molecule has 0 saturated carbocycles. The molecule has 26 heavy (non-hydrogen) atoms. The number of thiocarbonyl (C=S) groups is 1. The molecule has 1 aliphatic heterocycles. The van der Waals surface area contributed by atoms with Crippen molar-refractivity contribution in [3.63, 3.8) is 0 Å². The Balaban J connectivity index is 1.83. The largest absolute Gasteiger partial charge is 0.573 e. The number of carbonyl (C=O) groups is 1. The fourth-order valence-electron chi connectivity index (χ4n) is 2.50. The van der Waals surface area contributed by atoms with Crippen LogP contribution in [0.2, 0.25) is 0 Å². The van der Waals surface area contributed by atoms with E-state index in [9.17, 15) is 18.0 Å². The van der Waals surface area contributed by atoms with Crippen molar-refractivity contribution in [2.24, 2.45) is 0 Å². The van der Waals surface area contributed by atoms with Crippen LogP contribution in [0.5, 0.6) is 5.75 Å². The van der Waals surface area contributed by atoms with Crippen molar-refractivity contribution in [2.75, 3.05) is 4.90 Å². The molecule has 8 heteroatoms. The highest BCUT2D eigenvalue weighted by molar-refractivity contribution is 7.80. The molecule has 0 aliphatic carbocycles. The Kier molecular flexibility index (Phi) is 4.69. The molecular formula is C18H13F3N2O2S. The lowest BCUT2D eigenvalue weighted by molar-refractivity contribution is -0.274. The summed E-state index contributed by atoms with van der Waals surface area (Å²) >= 11 is 5.24. The van der Waals surface area contributed by atoms with Crippen molar-refractivity contribution in [1.29, 1.82) is 0 Å². The molecule has 0 aromatic heterocycles. The highest BCUT2D eigenvalue weighted by atomic mass is 32.1. The fraction of sp³-hybridized carbons (Fsp3) is 0.111. The molecule has 2 aromatic carbocycles. The van der Waals surface area contributed by atoms with E-state index in [2.05, 4.69) is 10.1 Å². The van der Waals surface area contributed by atoms with E-state index < -0.39 is 6.36 Å². The number of carbonyl (C=O) groups excluding carboxylic acids is 1. The number of nitrogens with one attached hydrogen (secondary N) is 1. The molecule has 134 valence electrons. The lowest BCUT2D eigenvalue weighted by atomic mass is 10.1. The Morgan fingerprint density at radius 1 is 1.12 bits per heavy atom. The van der Waals surface area contributed by atoms with Crippen molar-refractivity contribution in [2.45, 2.75) is 13.3 Å². The topological polar surface area (TPSA) is 41.6 Å². The molecule has 1 saturated heterocycles. The molecular weight excluding hydrogens is 365 g/mol. The van der Waals surface area contributed by atoms with E-state index in [1.165, 1.54) is 35.2 Å². The average molecular weight is 378 g/mol. The second-order valence-corrected chi connectivity index (χ2v) is 5.92. The third kappa shape index (κ3) is 3.85. The Morgan fingerprint density at radius 2 is 1.77 bits per heavy atom. The summed E-state index contributed by atoms with van der Waals surface area (Å²) in [7, 11) is 0. The molecule has 1 aliphatic rings. The van der Waals surface area contributed by atoms with E-state index in [-0.39, 0.29) is 22.5 Å². The predicted octanol–water partition coefficient (Wildman–Crippen LogP) is 4.16. The van der Waals surface area contributed by atoms with Crippen molar-refractivity contribution in [1.82, 2.24) is 5.32 Å². The van der Waals surface area contributed by atoms with Gasteiger partial charge in [0, 0.05) is 0 Å². The van der Waals surface area contributed by atoms with Gasteiger partial charge in [0.25, 0.3) is 5.91 Å². The van der Waals surface area contributed by atoms with Crippen molar-refractivity contribution >= 4 is 35.0 Å². The Bertz CT molecular complexity index is 892. The lowest BCUT2D eigenvalue weighted by Gasteiger charge is -2.16. The smallest absolute Gasteiger partial charge is 0.406 e. The summed E-state index contributed by atoms with van der Waals surface area (Å²) in [6.45, 7) is 1.87. The SMILES string of the molecule is Cc1ccccc1N1C(=O)/C(=C\c2ccc(OC(F)(F)F)cc2)NC1=S. The number of nitrogens with zero attached hydrogens (tertiary/aromatic N) is 1. The maximum absolute atomic E-state index is 12.7. The van der Waals surface area contributed by atoms with Crippen molar-refractivity contribution in [3.05, 3.63) is 65.4 Å². The number of anilines is 1. The van der Waals surface area contributed by atoms with Crippen LogP contribution in [0.3, 0.4) is 0 Å². The van der Waals surface area contributed by atoms with Crippen LogP contribution in [0, 0.1) is 6.92 Å². The molecule has 0 bridgehead atoms. The monoisotopic (exact) mass is 378 g/mol. The van der Waals surface area contributed by atoms with Gasteiger partial charge in [-0.15, -0.1) is 13.2 Å². The maximum Gasteiger partial charge on any atom is 0.573 e. The summed E-state index contributed by atoms with van der Waals surface area (Å²) in [6, 6.07) is 12.5. The molecule has 2 aromatic rings. The first-order valence-electron chi connectivity index (χ1n) is 7.53. The summed E-state index contributed by atoms with van der Waals surface area (Å²) in [5.74, 6) is -0.665. The molecule has 0 radical (unpaired) electrons. The third-order valence-corrected chi connectivity index (χ3v) is 3.94. The minimum absolute atomic E-state index is 0.239. The average Bonchev–Trinajstić information content (AvgIpc) is 2.83. The van der Waals surface area contributed by atoms with Gasteiger partial charge in [-0.1, -0.05) is 30.3 Å². The van der Waals surface area contributed by atoms with Gasteiger partial charge in [-0.2, -0.15) is 0 Å². The zero-order chi connectivity index (χ0) is 18.9. The van der Waals surface area contributed by atoms with Crippen LogP contribution in [0.15, 0.2) is 54.2 Å². The van der Waals surface area contributed by atoms with Gasteiger partial charge in [0.2, 0.25) is 0 Å². The van der Waals surface area contributed by atoms with Gasteiger partial charge in [-0.25, -0.2) is 0 Å². The third-order valence-electron chi connectivity index (χ3n) is 3.66. The van der Waals surface area contributed by atoms with Crippen LogP contribution in [-0.2, 0) is 4.79 Å². The summed E-state index contributed by atoms with van der Waals surface area (Å²) in [5.41, 5.74) is 2.33. The van der Waals surface area contributed by atoms with Crippen LogP contribution in [-0.4, -0.2) is 17.4 Å².